The van der Waals surface area contributed by atoms with Gasteiger partial charge < -0.3 is 0 Å². The number of nitro groups is 1. The molecule has 0 atom stereocenters. The second-order valence-electron chi connectivity index (χ2n) is 4.39. The summed E-state index contributed by atoms with van der Waals surface area (Å²) in [5.74, 6) is 0. The molecule has 0 spiro atoms. The van der Waals surface area contributed by atoms with Gasteiger partial charge in [0.2, 0.25) is 0 Å². The van der Waals surface area contributed by atoms with Gasteiger partial charge in [0.25, 0.3) is 15.7 Å². The van der Waals surface area contributed by atoms with Crippen molar-refractivity contribution in [1.29, 1.82) is 0 Å². The first-order chi connectivity index (χ1) is 11.0. The van der Waals surface area contributed by atoms with E-state index in [1.807, 2.05) is 35.2 Å². The van der Waals surface area contributed by atoms with E-state index in [2.05, 4.69) is 5.10 Å². The highest BCUT2D eigenvalue weighted by Gasteiger charge is 2.14. The van der Waals surface area contributed by atoms with Gasteiger partial charge in [0, 0.05) is 18.3 Å². The topological polar surface area (TPSA) is 102 Å². The fourth-order valence-corrected chi connectivity index (χ4v) is 2.46. The number of hydrazone groups is 1. The number of benzene rings is 2. The highest BCUT2D eigenvalue weighted by molar-refractivity contribution is 7.89. The quantitative estimate of drug-likeness (QED) is 0.499. The Kier molecular flexibility index (Phi) is 5.21. The fourth-order valence-electron chi connectivity index (χ4n) is 1.66. The van der Waals surface area contributed by atoms with Crippen molar-refractivity contribution in [2.75, 3.05) is 0 Å². The second-order valence-corrected chi connectivity index (χ2v) is 6.05. The van der Waals surface area contributed by atoms with Crippen LogP contribution in [0, 0.1) is 10.1 Å². The molecule has 7 nitrogen and oxygen atoms in total. The molecule has 0 bridgehead atoms. The number of nitro benzene ring substituents is 1. The molecule has 0 aromatic heterocycles. The van der Waals surface area contributed by atoms with Gasteiger partial charge in [0.05, 0.1) is 9.82 Å². The minimum atomic E-state index is -3.85. The molecular formula is C15H13N3O4S. The van der Waals surface area contributed by atoms with Crippen molar-refractivity contribution < 1.29 is 13.3 Å². The van der Waals surface area contributed by atoms with Crippen molar-refractivity contribution in [2.45, 2.75) is 4.90 Å². The number of hydrogen-bond donors (Lipinski definition) is 1. The first kappa shape index (κ1) is 16.4. The van der Waals surface area contributed by atoms with Crippen molar-refractivity contribution in [2.24, 2.45) is 5.10 Å². The molecule has 0 aliphatic heterocycles. The molecule has 2 rings (SSSR count). The van der Waals surface area contributed by atoms with Gasteiger partial charge in [0.1, 0.15) is 0 Å². The lowest BCUT2D eigenvalue weighted by Crippen LogP contribution is -2.18. The number of hydrogen-bond acceptors (Lipinski definition) is 5. The average Bonchev–Trinajstić information content (AvgIpc) is 2.55. The lowest BCUT2D eigenvalue weighted by molar-refractivity contribution is -0.384. The van der Waals surface area contributed by atoms with Crippen LogP contribution in [-0.4, -0.2) is 19.6 Å². The first-order valence-corrected chi connectivity index (χ1v) is 7.98. The first-order valence-electron chi connectivity index (χ1n) is 6.50. The molecule has 0 aliphatic rings. The molecular weight excluding hydrogens is 318 g/mol. The third-order valence-corrected chi connectivity index (χ3v) is 4.02. The monoisotopic (exact) mass is 331 g/mol. The Morgan fingerprint density at radius 3 is 2.30 bits per heavy atom. The van der Waals surface area contributed by atoms with E-state index in [4.69, 9.17) is 0 Å². The van der Waals surface area contributed by atoms with Crippen LogP contribution in [0.3, 0.4) is 0 Å². The molecule has 23 heavy (non-hydrogen) atoms. The van der Waals surface area contributed by atoms with Crippen LogP contribution in [0.1, 0.15) is 5.56 Å². The third kappa shape index (κ3) is 4.75. The van der Waals surface area contributed by atoms with Gasteiger partial charge >= 0.3 is 0 Å². The van der Waals surface area contributed by atoms with E-state index in [-0.39, 0.29) is 10.6 Å². The molecule has 0 saturated carbocycles. The van der Waals surface area contributed by atoms with Crippen LogP contribution in [0.2, 0.25) is 0 Å². The lowest BCUT2D eigenvalue weighted by Gasteiger charge is -2.02. The molecule has 0 fully saturated rings. The Bertz CT molecular complexity index is 829. The van der Waals surface area contributed by atoms with Crippen molar-refractivity contribution >= 4 is 28.0 Å². The molecule has 118 valence electrons. The minimum absolute atomic E-state index is 0.104. The largest absolute Gasteiger partial charge is 0.276 e. The van der Waals surface area contributed by atoms with Gasteiger partial charge in [-0.3, -0.25) is 10.1 Å². The predicted molar refractivity (Wildman–Crippen MR) is 87.4 cm³/mol. The van der Waals surface area contributed by atoms with Crippen LogP contribution in [0.25, 0.3) is 6.08 Å². The molecule has 0 unspecified atom stereocenters. The SMILES string of the molecule is O=[N+]([O-])c1ccc(S(=O)(=O)NN=CC=Cc2ccccc2)cc1. The molecule has 2 aromatic rings. The van der Waals surface area contributed by atoms with E-state index in [1.54, 1.807) is 12.2 Å². The van der Waals surface area contributed by atoms with Crippen LogP contribution < -0.4 is 4.83 Å². The number of non-ortho nitro benzene ring substituents is 1. The zero-order valence-corrected chi connectivity index (χ0v) is 12.7. The summed E-state index contributed by atoms with van der Waals surface area (Å²) in [5, 5.41) is 14.1. The number of nitrogens with zero attached hydrogens (tertiary/aromatic N) is 2. The van der Waals surface area contributed by atoms with Crippen molar-refractivity contribution in [1.82, 2.24) is 4.83 Å². The third-order valence-electron chi connectivity index (χ3n) is 2.78. The summed E-state index contributed by atoms with van der Waals surface area (Å²) in [6.07, 6.45) is 4.66. The summed E-state index contributed by atoms with van der Waals surface area (Å²) in [4.78, 5) is 11.9. The highest BCUT2D eigenvalue weighted by atomic mass is 32.2. The Morgan fingerprint density at radius 1 is 1.04 bits per heavy atom. The zero-order valence-electron chi connectivity index (χ0n) is 11.9. The maximum atomic E-state index is 11.9. The average molecular weight is 331 g/mol. The molecule has 2 aromatic carbocycles. The second kappa shape index (κ2) is 7.32. The van der Waals surface area contributed by atoms with E-state index >= 15 is 0 Å². The molecule has 0 amide bonds. The standard InChI is InChI=1S/C15H13N3O4S/c19-18(20)14-8-10-15(11-9-14)23(21,22)17-16-12-4-7-13-5-2-1-3-6-13/h1-12,17H. The summed E-state index contributed by atoms with van der Waals surface area (Å²) >= 11 is 0. The van der Waals surface area contributed by atoms with Gasteiger partial charge in [0.15, 0.2) is 0 Å². The molecule has 0 saturated heterocycles. The maximum absolute atomic E-state index is 11.9. The van der Waals surface area contributed by atoms with Crippen LogP contribution in [-0.2, 0) is 10.0 Å². The summed E-state index contributed by atoms with van der Waals surface area (Å²) in [5.41, 5.74) is 0.774. The lowest BCUT2D eigenvalue weighted by atomic mass is 10.2. The van der Waals surface area contributed by atoms with Crippen molar-refractivity contribution in [3.63, 3.8) is 0 Å². The Hall–Kier alpha value is -3.00. The molecule has 0 aliphatic carbocycles. The molecule has 1 N–H and O–H groups in total. The van der Waals surface area contributed by atoms with Crippen LogP contribution in [0.5, 0.6) is 0 Å². The number of allylic oxidation sites excluding steroid dienone is 1. The van der Waals surface area contributed by atoms with Gasteiger partial charge in [-0.15, -0.1) is 0 Å². The number of nitrogens with one attached hydrogen (secondary N) is 1. The predicted octanol–water partition coefficient (Wildman–Crippen LogP) is 2.57. The van der Waals surface area contributed by atoms with E-state index in [0.29, 0.717) is 0 Å². The minimum Gasteiger partial charge on any atom is -0.258 e. The number of rotatable bonds is 6. The smallest absolute Gasteiger partial charge is 0.258 e. The highest BCUT2D eigenvalue weighted by Crippen LogP contribution is 2.15. The summed E-state index contributed by atoms with van der Waals surface area (Å²) < 4.78 is 23.9. The normalized spacial score (nSPS) is 11.8. The Balaban J connectivity index is 1.99. The molecule has 0 radical (unpaired) electrons. The van der Waals surface area contributed by atoms with E-state index in [1.165, 1.54) is 6.21 Å². The van der Waals surface area contributed by atoms with E-state index in [9.17, 15) is 18.5 Å². The Morgan fingerprint density at radius 2 is 1.70 bits per heavy atom. The molecule has 0 heterocycles. The van der Waals surface area contributed by atoms with Gasteiger partial charge in [-0.1, -0.05) is 36.4 Å². The van der Waals surface area contributed by atoms with Gasteiger partial charge in [-0.2, -0.15) is 13.5 Å². The van der Waals surface area contributed by atoms with E-state index < -0.39 is 14.9 Å². The van der Waals surface area contributed by atoms with Crippen LogP contribution in [0.15, 0.2) is 70.7 Å². The van der Waals surface area contributed by atoms with Gasteiger partial charge in [-0.05, 0) is 23.8 Å². The van der Waals surface area contributed by atoms with Crippen LogP contribution in [0.4, 0.5) is 5.69 Å². The zero-order chi connectivity index (χ0) is 16.7. The number of sulfonamides is 1. The van der Waals surface area contributed by atoms with Crippen LogP contribution >= 0.6 is 0 Å². The Labute approximate surface area is 133 Å². The molecule has 8 heteroatoms. The summed E-state index contributed by atoms with van der Waals surface area (Å²) in [6, 6.07) is 14.0. The fraction of sp³-hybridized carbons (Fsp3) is 0. The van der Waals surface area contributed by atoms with Crippen molar-refractivity contribution in [3.05, 3.63) is 76.4 Å². The van der Waals surface area contributed by atoms with Gasteiger partial charge in [-0.25, -0.2) is 4.83 Å². The summed E-state index contributed by atoms with van der Waals surface area (Å²) in [6.45, 7) is 0. The summed E-state index contributed by atoms with van der Waals surface area (Å²) in [7, 11) is -3.85. The maximum Gasteiger partial charge on any atom is 0.276 e. The van der Waals surface area contributed by atoms with E-state index in [0.717, 1.165) is 29.8 Å². The van der Waals surface area contributed by atoms with Crippen molar-refractivity contribution in [3.8, 4) is 0 Å².